The number of nitrogens with zero attached hydrogens (tertiary/aromatic N) is 4. The lowest BCUT2D eigenvalue weighted by Gasteiger charge is -2.11. The molecule has 0 aliphatic rings. The summed E-state index contributed by atoms with van der Waals surface area (Å²) in [6.45, 7) is 2.83. The molecule has 0 spiro atoms. The quantitative estimate of drug-likeness (QED) is 0.479. The number of carboxylic acids is 1. The molecule has 0 amide bonds. The van der Waals surface area contributed by atoms with Crippen LogP contribution in [0.1, 0.15) is 36.2 Å². The van der Waals surface area contributed by atoms with Crippen molar-refractivity contribution in [1.29, 1.82) is 0 Å². The Labute approximate surface area is 174 Å². The summed E-state index contributed by atoms with van der Waals surface area (Å²) in [6.07, 6.45) is 5.39. The first-order valence-corrected chi connectivity index (χ1v) is 9.73. The van der Waals surface area contributed by atoms with Crippen molar-refractivity contribution in [2.75, 3.05) is 0 Å². The van der Waals surface area contributed by atoms with E-state index in [4.69, 9.17) is 9.84 Å². The number of carboxylic acid groups (broad SMARTS) is 1. The monoisotopic (exact) mass is 402 g/mol. The zero-order chi connectivity index (χ0) is 20.9. The van der Waals surface area contributed by atoms with E-state index >= 15 is 0 Å². The lowest BCUT2D eigenvalue weighted by Crippen LogP contribution is -2.05. The fraction of sp³-hybridized carbons (Fsp3) is 0.217. The summed E-state index contributed by atoms with van der Waals surface area (Å²) in [5, 5.41) is 14.4. The second-order valence-electron chi connectivity index (χ2n) is 7.22. The maximum atomic E-state index is 10.9. The molecule has 2 aromatic heterocycles. The third-order valence-electron chi connectivity index (χ3n) is 4.96. The van der Waals surface area contributed by atoms with E-state index in [-0.39, 0.29) is 12.3 Å². The maximum Gasteiger partial charge on any atom is 0.303 e. The Kier molecular flexibility index (Phi) is 5.70. The van der Waals surface area contributed by atoms with Crippen LogP contribution < -0.4 is 4.74 Å². The summed E-state index contributed by atoms with van der Waals surface area (Å²) in [5.41, 5.74) is 3.01. The predicted octanol–water partition coefficient (Wildman–Crippen LogP) is 4.03. The molecule has 1 atom stereocenters. The van der Waals surface area contributed by atoms with Crippen molar-refractivity contribution in [1.82, 2.24) is 19.7 Å². The highest BCUT2D eigenvalue weighted by Gasteiger charge is 2.10. The van der Waals surface area contributed by atoms with Crippen molar-refractivity contribution in [2.24, 2.45) is 0 Å². The first-order valence-electron chi connectivity index (χ1n) is 9.73. The van der Waals surface area contributed by atoms with Crippen LogP contribution >= 0.6 is 0 Å². The number of rotatable bonds is 8. The van der Waals surface area contributed by atoms with E-state index < -0.39 is 5.97 Å². The molecule has 0 saturated carbocycles. The molecular formula is C23H22N4O3. The SMILES string of the molecule is CC(CC(=O)O)c1ccc(OCc2ccc3cnn(Cc4ncccn4)c3c2)cc1. The Bertz CT molecular complexity index is 1140. The highest BCUT2D eigenvalue weighted by Crippen LogP contribution is 2.23. The summed E-state index contributed by atoms with van der Waals surface area (Å²) in [6, 6.07) is 15.5. The number of ether oxygens (including phenoxy) is 1. The standard InChI is InChI=1S/C23H22N4O3/c1-16(11-23(28)29)18-5-7-20(8-6-18)30-15-17-3-4-19-13-26-27(21(19)12-17)14-22-24-9-2-10-25-22/h2-10,12-13,16H,11,14-15H2,1H3,(H,28,29). The molecule has 0 aliphatic heterocycles. The normalized spacial score (nSPS) is 12.0. The Hall–Kier alpha value is -3.74. The first-order chi connectivity index (χ1) is 14.6. The third-order valence-corrected chi connectivity index (χ3v) is 4.96. The minimum absolute atomic E-state index is 0.0344. The molecule has 0 aliphatic carbocycles. The van der Waals surface area contributed by atoms with Gasteiger partial charge in [-0.05, 0) is 41.3 Å². The zero-order valence-electron chi connectivity index (χ0n) is 16.6. The van der Waals surface area contributed by atoms with Crippen molar-refractivity contribution in [3.05, 3.63) is 84.1 Å². The van der Waals surface area contributed by atoms with Gasteiger partial charge in [0.25, 0.3) is 0 Å². The fourth-order valence-corrected chi connectivity index (χ4v) is 3.32. The zero-order valence-corrected chi connectivity index (χ0v) is 16.6. The highest BCUT2D eigenvalue weighted by molar-refractivity contribution is 5.79. The molecule has 0 fully saturated rings. The largest absolute Gasteiger partial charge is 0.489 e. The van der Waals surface area contributed by atoms with Gasteiger partial charge in [0.2, 0.25) is 0 Å². The molecule has 1 N–H and O–H groups in total. The number of aromatic nitrogens is 4. The van der Waals surface area contributed by atoms with Crippen molar-refractivity contribution < 1.29 is 14.6 Å². The van der Waals surface area contributed by atoms with Crippen LogP contribution in [0.2, 0.25) is 0 Å². The lowest BCUT2D eigenvalue weighted by molar-refractivity contribution is -0.137. The summed E-state index contributed by atoms with van der Waals surface area (Å²) in [5.74, 6) is 0.623. The number of carbonyl (C=O) groups is 1. The second kappa shape index (κ2) is 8.73. The van der Waals surface area contributed by atoms with Crippen LogP contribution in [-0.2, 0) is 17.9 Å². The van der Waals surface area contributed by atoms with Crippen molar-refractivity contribution in [2.45, 2.75) is 32.4 Å². The highest BCUT2D eigenvalue weighted by atomic mass is 16.5. The van der Waals surface area contributed by atoms with Gasteiger partial charge in [0, 0.05) is 17.8 Å². The number of hydrogen-bond donors (Lipinski definition) is 1. The average Bonchev–Trinajstić information content (AvgIpc) is 3.15. The third kappa shape index (κ3) is 4.63. The van der Waals surface area contributed by atoms with Crippen LogP contribution in [0.25, 0.3) is 10.9 Å². The van der Waals surface area contributed by atoms with Gasteiger partial charge < -0.3 is 9.84 Å². The van der Waals surface area contributed by atoms with Crippen LogP contribution in [0, 0.1) is 0 Å². The molecule has 1 unspecified atom stereocenters. The van der Waals surface area contributed by atoms with Gasteiger partial charge in [0.1, 0.15) is 24.7 Å². The molecule has 2 aromatic carbocycles. The number of aliphatic carboxylic acids is 1. The van der Waals surface area contributed by atoms with Crippen LogP contribution in [0.15, 0.2) is 67.1 Å². The topological polar surface area (TPSA) is 90.1 Å². The Morgan fingerprint density at radius 3 is 2.63 bits per heavy atom. The minimum atomic E-state index is -0.795. The number of benzene rings is 2. The smallest absolute Gasteiger partial charge is 0.303 e. The maximum absolute atomic E-state index is 10.9. The van der Waals surface area contributed by atoms with E-state index in [1.807, 2.05) is 54.2 Å². The van der Waals surface area contributed by atoms with Crippen LogP contribution in [0.4, 0.5) is 0 Å². The van der Waals surface area contributed by atoms with Gasteiger partial charge in [-0.2, -0.15) is 5.10 Å². The number of hydrogen-bond acceptors (Lipinski definition) is 5. The lowest BCUT2D eigenvalue weighted by atomic mass is 9.98. The van der Waals surface area contributed by atoms with Crippen molar-refractivity contribution in [3.63, 3.8) is 0 Å². The molecule has 2 heterocycles. The van der Waals surface area contributed by atoms with Crippen molar-refractivity contribution >= 4 is 16.9 Å². The molecule has 4 rings (SSSR count). The van der Waals surface area contributed by atoms with Gasteiger partial charge in [0.15, 0.2) is 0 Å². The summed E-state index contributed by atoms with van der Waals surface area (Å²) in [7, 11) is 0. The van der Waals surface area contributed by atoms with E-state index in [1.165, 1.54) is 0 Å². The molecule has 0 saturated heterocycles. The summed E-state index contributed by atoms with van der Waals surface area (Å²) in [4.78, 5) is 19.4. The van der Waals surface area contributed by atoms with E-state index in [2.05, 4.69) is 21.1 Å². The van der Waals surface area contributed by atoms with Crippen LogP contribution in [0.3, 0.4) is 0 Å². The van der Waals surface area contributed by atoms with E-state index in [1.54, 1.807) is 18.5 Å². The molecule has 30 heavy (non-hydrogen) atoms. The van der Waals surface area contributed by atoms with Gasteiger partial charge in [-0.15, -0.1) is 0 Å². The molecule has 7 heteroatoms. The first kappa shape index (κ1) is 19.6. The van der Waals surface area contributed by atoms with Gasteiger partial charge in [-0.3, -0.25) is 9.48 Å². The summed E-state index contributed by atoms with van der Waals surface area (Å²) >= 11 is 0. The van der Waals surface area contributed by atoms with Crippen LogP contribution in [-0.4, -0.2) is 30.8 Å². The molecular weight excluding hydrogens is 380 g/mol. The summed E-state index contributed by atoms with van der Waals surface area (Å²) < 4.78 is 7.80. The minimum Gasteiger partial charge on any atom is -0.489 e. The Morgan fingerprint density at radius 2 is 1.90 bits per heavy atom. The van der Waals surface area contributed by atoms with Crippen molar-refractivity contribution in [3.8, 4) is 5.75 Å². The Morgan fingerprint density at radius 1 is 1.13 bits per heavy atom. The van der Waals surface area contributed by atoms with Crippen LogP contribution in [0.5, 0.6) is 5.75 Å². The van der Waals surface area contributed by atoms with Gasteiger partial charge in [0.05, 0.1) is 18.1 Å². The molecule has 152 valence electrons. The molecule has 0 bridgehead atoms. The van der Waals surface area contributed by atoms with Gasteiger partial charge >= 0.3 is 5.97 Å². The van der Waals surface area contributed by atoms with Gasteiger partial charge in [-0.1, -0.05) is 31.2 Å². The van der Waals surface area contributed by atoms with E-state index in [0.717, 1.165) is 27.8 Å². The van der Waals surface area contributed by atoms with Gasteiger partial charge in [-0.25, -0.2) is 9.97 Å². The average molecular weight is 402 g/mol. The van der Waals surface area contributed by atoms with E-state index in [0.29, 0.717) is 19.0 Å². The number of fused-ring (bicyclic) bond motifs is 1. The van der Waals surface area contributed by atoms with E-state index in [9.17, 15) is 4.79 Å². The predicted molar refractivity (Wildman–Crippen MR) is 112 cm³/mol. The second-order valence-corrected chi connectivity index (χ2v) is 7.22. The molecule has 0 radical (unpaired) electrons. The molecule has 4 aromatic rings. The fourth-order valence-electron chi connectivity index (χ4n) is 3.32. The Balaban J connectivity index is 1.44. The molecule has 7 nitrogen and oxygen atoms in total.